The minimum atomic E-state index is -0.509. The Morgan fingerprint density at radius 2 is 2.14 bits per heavy atom. The molecule has 1 atom stereocenters. The number of carbonyl (C=O) groups is 1. The zero-order valence-corrected chi connectivity index (χ0v) is 13.1. The Labute approximate surface area is 127 Å². The van der Waals surface area contributed by atoms with Gasteiger partial charge in [-0.05, 0) is 31.8 Å². The molecule has 1 aromatic carbocycles. The SMILES string of the molecule is CN(Cc1nccs1)C(=O)[C@@H](c1cccc(F)c1)N(C)C. The molecule has 0 spiro atoms. The predicted octanol–water partition coefficient (Wildman–Crippen LogP) is 2.54. The van der Waals surface area contributed by atoms with Crippen molar-refractivity contribution in [3.05, 3.63) is 52.2 Å². The number of halogens is 1. The van der Waals surface area contributed by atoms with Crippen molar-refractivity contribution in [2.24, 2.45) is 0 Å². The van der Waals surface area contributed by atoms with Crippen molar-refractivity contribution < 1.29 is 9.18 Å². The van der Waals surface area contributed by atoms with Gasteiger partial charge in [-0.3, -0.25) is 9.69 Å². The summed E-state index contributed by atoms with van der Waals surface area (Å²) in [5.74, 6) is -0.421. The number of carbonyl (C=O) groups excluding carboxylic acids is 1. The maximum absolute atomic E-state index is 13.4. The normalized spacial score (nSPS) is 12.4. The Hall–Kier alpha value is -1.79. The van der Waals surface area contributed by atoms with Crippen LogP contribution in [0.15, 0.2) is 35.8 Å². The van der Waals surface area contributed by atoms with Gasteiger partial charge in [0, 0.05) is 18.6 Å². The highest BCUT2D eigenvalue weighted by Gasteiger charge is 2.26. The molecule has 0 bridgehead atoms. The van der Waals surface area contributed by atoms with Crippen molar-refractivity contribution in [1.29, 1.82) is 0 Å². The highest BCUT2D eigenvalue weighted by molar-refractivity contribution is 7.09. The highest BCUT2D eigenvalue weighted by atomic mass is 32.1. The Kier molecular flexibility index (Phi) is 5.03. The van der Waals surface area contributed by atoms with Crippen molar-refractivity contribution in [2.75, 3.05) is 21.1 Å². The number of amides is 1. The van der Waals surface area contributed by atoms with E-state index in [0.29, 0.717) is 12.1 Å². The molecule has 0 saturated carbocycles. The molecule has 21 heavy (non-hydrogen) atoms. The summed E-state index contributed by atoms with van der Waals surface area (Å²) in [5.41, 5.74) is 0.649. The van der Waals surface area contributed by atoms with Gasteiger partial charge in [0.05, 0.1) is 6.54 Å². The molecule has 4 nitrogen and oxygen atoms in total. The van der Waals surface area contributed by atoms with Crippen LogP contribution in [0.25, 0.3) is 0 Å². The number of thiazole rings is 1. The van der Waals surface area contributed by atoms with Crippen molar-refractivity contribution in [3.63, 3.8) is 0 Å². The van der Waals surface area contributed by atoms with Crippen LogP contribution in [-0.2, 0) is 11.3 Å². The maximum atomic E-state index is 13.4. The van der Waals surface area contributed by atoms with Crippen LogP contribution >= 0.6 is 11.3 Å². The van der Waals surface area contributed by atoms with E-state index in [0.717, 1.165) is 5.01 Å². The minimum absolute atomic E-state index is 0.0826. The van der Waals surface area contributed by atoms with Gasteiger partial charge in [0.25, 0.3) is 0 Å². The summed E-state index contributed by atoms with van der Waals surface area (Å²) in [6.07, 6.45) is 1.72. The van der Waals surface area contributed by atoms with Gasteiger partial charge in [-0.1, -0.05) is 12.1 Å². The maximum Gasteiger partial charge on any atom is 0.244 e. The number of rotatable bonds is 5. The van der Waals surface area contributed by atoms with Gasteiger partial charge in [-0.2, -0.15) is 0 Å². The zero-order valence-electron chi connectivity index (χ0n) is 12.3. The molecule has 0 aliphatic carbocycles. The Morgan fingerprint density at radius 1 is 1.38 bits per heavy atom. The fourth-order valence-corrected chi connectivity index (χ4v) is 2.83. The fourth-order valence-electron chi connectivity index (χ4n) is 2.16. The highest BCUT2D eigenvalue weighted by Crippen LogP contribution is 2.22. The molecule has 2 aromatic rings. The zero-order chi connectivity index (χ0) is 15.4. The number of likely N-dealkylation sites (N-methyl/N-ethyl adjacent to an activating group) is 2. The number of hydrogen-bond acceptors (Lipinski definition) is 4. The quantitative estimate of drug-likeness (QED) is 0.852. The lowest BCUT2D eigenvalue weighted by Gasteiger charge is -2.28. The Morgan fingerprint density at radius 3 is 2.71 bits per heavy atom. The third-order valence-electron chi connectivity index (χ3n) is 3.15. The molecule has 0 aliphatic heterocycles. The summed E-state index contributed by atoms with van der Waals surface area (Å²) in [5, 5.41) is 2.76. The Bertz CT molecular complexity index is 601. The van der Waals surface area contributed by atoms with E-state index in [4.69, 9.17) is 0 Å². The fraction of sp³-hybridized carbons (Fsp3) is 0.333. The van der Waals surface area contributed by atoms with Gasteiger partial charge in [-0.25, -0.2) is 9.37 Å². The van der Waals surface area contributed by atoms with E-state index in [9.17, 15) is 9.18 Å². The molecule has 112 valence electrons. The average Bonchev–Trinajstić information content (AvgIpc) is 2.91. The van der Waals surface area contributed by atoms with Crippen molar-refractivity contribution in [2.45, 2.75) is 12.6 Å². The molecule has 0 unspecified atom stereocenters. The molecule has 0 fully saturated rings. The molecular formula is C15H18FN3OS. The van der Waals surface area contributed by atoms with Crippen LogP contribution in [0.5, 0.6) is 0 Å². The molecule has 1 aromatic heterocycles. The summed E-state index contributed by atoms with van der Waals surface area (Å²) >= 11 is 1.51. The molecule has 0 radical (unpaired) electrons. The number of hydrogen-bond donors (Lipinski definition) is 0. The average molecular weight is 307 g/mol. The first-order valence-electron chi connectivity index (χ1n) is 6.54. The van der Waals surface area contributed by atoms with Crippen LogP contribution in [-0.4, -0.2) is 41.8 Å². The van der Waals surface area contributed by atoms with Gasteiger partial charge in [0.2, 0.25) is 5.91 Å². The number of nitrogens with zero attached hydrogens (tertiary/aromatic N) is 3. The summed E-state index contributed by atoms with van der Waals surface area (Å²) < 4.78 is 13.4. The van der Waals surface area contributed by atoms with Crippen LogP contribution < -0.4 is 0 Å². The van der Waals surface area contributed by atoms with Crippen LogP contribution in [0, 0.1) is 5.82 Å². The molecule has 0 N–H and O–H groups in total. The topological polar surface area (TPSA) is 36.4 Å². The molecule has 0 saturated heterocycles. The predicted molar refractivity (Wildman–Crippen MR) is 81.4 cm³/mol. The lowest BCUT2D eigenvalue weighted by Crippen LogP contribution is -2.38. The van der Waals surface area contributed by atoms with E-state index in [1.165, 1.54) is 23.5 Å². The molecule has 0 aliphatic rings. The van der Waals surface area contributed by atoms with E-state index in [1.807, 2.05) is 19.5 Å². The second-order valence-electron chi connectivity index (χ2n) is 5.04. The second-order valence-corrected chi connectivity index (χ2v) is 6.02. The van der Waals surface area contributed by atoms with Gasteiger partial charge in [0.15, 0.2) is 0 Å². The number of aromatic nitrogens is 1. The van der Waals surface area contributed by atoms with Crippen LogP contribution in [0.1, 0.15) is 16.6 Å². The summed E-state index contributed by atoms with van der Waals surface area (Å²) in [4.78, 5) is 20.2. The van der Waals surface area contributed by atoms with Gasteiger partial charge in [-0.15, -0.1) is 11.3 Å². The van der Waals surface area contributed by atoms with Crippen molar-refractivity contribution in [3.8, 4) is 0 Å². The lowest BCUT2D eigenvalue weighted by atomic mass is 10.0. The third kappa shape index (κ3) is 3.86. The van der Waals surface area contributed by atoms with Crippen LogP contribution in [0.4, 0.5) is 4.39 Å². The number of benzene rings is 1. The largest absolute Gasteiger partial charge is 0.337 e. The van der Waals surface area contributed by atoms with E-state index in [1.54, 1.807) is 35.2 Å². The first-order chi connectivity index (χ1) is 9.99. The van der Waals surface area contributed by atoms with E-state index in [-0.39, 0.29) is 11.7 Å². The Balaban J connectivity index is 2.19. The molecule has 2 rings (SSSR count). The third-order valence-corrected chi connectivity index (χ3v) is 3.91. The first kappa shape index (κ1) is 15.6. The van der Waals surface area contributed by atoms with Gasteiger partial charge >= 0.3 is 0 Å². The van der Waals surface area contributed by atoms with Crippen molar-refractivity contribution in [1.82, 2.24) is 14.8 Å². The molecular weight excluding hydrogens is 289 g/mol. The van der Waals surface area contributed by atoms with Crippen LogP contribution in [0.3, 0.4) is 0 Å². The molecule has 6 heteroatoms. The van der Waals surface area contributed by atoms with Gasteiger partial charge < -0.3 is 4.90 Å². The summed E-state index contributed by atoms with van der Waals surface area (Å²) in [6, 6.07) is 5.66. The van der Waals surface area contributed by atoms with E-state index >= 15 is 0 Å². The summed E-state index contributed by atoms with van der Waals surface area (Å²) in [7, 11) is 5.36. The first-order valence-corrected chi connectivity index (χ1v) is 7.42. The molecule has 1 amide bonds. The monoisotopic (exact) mass is 307 g/mol. The standard InChI is InChI=1S/C15H18FN3OS/c1-18(2)14(11-5-4-6-12(16)9-11)15(20)19(3)10-13-17-7-8-21-13/h4-9,14H,10H2,1-3H3/t14-/m1/s1. The lowest BCUT2D eigenvalue weighted by molar-refractivity contribution is -0.135. The van der Waals surface area contributed by atoms with E-state index in [2.05, 4.69) is 4.98 Å². The smallest absolute Gasteiger partial charge is 0.244 e. The van der Waals surface area contributed by atoms with Crippen LogP contribution in [0.2, 0.25) is 0 Å². The minimum Gasteiger partial charge on any atom is -0.337 e. The molecule has 1 heterocycles. The van der Waals surface area contributed by atoms with E-state index < -0.39 is 6.04 Å². The summed E-state index contributed by atoms with van der Waals surface area (Å²) in [6.45, 7) is 0.455. The van der Waals surface area contributed by atoms with Crippen molar-refractivity contribution >= 4 is 17.2 Å². The van der Waals surface area contributed by atoms with Gasteiger partial charge in [0.1, 0.15) is 16.9 Å². The second kappa shape index (κ2) is 6.78.